The molecule has 1 saturated heterocycles. The summed E-state index contributed by atoms with van der Waals surface area (Å²) in [5.74, 6) is 1.05. The van der Waals surface area contributed by atoms with Gasteiger partial charge in [0, 0.05) is 38.4 Å². The number of hydrogen-bond acceptors (Lipinski definition) is 6. The fourth-order valence-corrected chi connectivity index (χ4v) is 3.48. The summed E-state index contributed by atoms with van der Waals surface area (Å²) in [5.41, 5.74) is 2.43. The average molecular weight is 408 g/mol. The van der Waals surface area contributed by atoms with Crippen molar-refractivity contribution in [3.05, 3.63) is 77.7 Å². The van der Waals surface area contributed by atoms with Crippen LogP contribution in [-0.4, -0.2) is 39.2 Å². The van der Waals surface area contributed by atoms with Gasteiger partial charge in [0.15, 0.2) is 0 Å². The predicted octanol–water partition coefficient (Wildman–Crippen LogP) is 3.98. The molecule has 0 atom stereocenters. The van der Waals surface area contributed by atoms with Gasteiger partial charge >= 0.3 is 0 Å². The number of aliphatic hydroxyl groups is 1. The number of aromatic nitrogens is 2. The van der Waals surface area contributed by atoms with E-state index in [1.807, 2.05) is 12.1 Å². The number of benzene rings is 2. The molecule has 0 bridgehead atoms. The molecule has 1 aliphatic heterocycles. The molecule has 7 heteroatoms. The highest BCUT2D eigenvalue weighted by molar-refractivity contribution is 5.35. The van der Waals surface area contributed by atoms with Crippen LogP contribution >= 0.6 is 0 Å². The van der Waals surface area contributed by atoms with Crippen LogP contribution in [0.25, 0.3) is 0 Å². The van der Waals surface area contributed by atoms with E-state index >= 15 is 0 Å². The van der Waals surface area contributed by atoms with Crippen molar-refractivity contribution in [2.75, 3.05) is 18.4 Å². The van der Waals surface area contributed by atoms with Crippen LogP contribution in [0.2, 0.25) is 0 Å². The SMILES string of the molecule is OC1CCN(Cc2ccccc2CNc2nccc(Oc3ccc(F)cc3)n2)CC1. The molecule has 4 rings (SSSR count). The molecular formula is C23H25FN4O2. The summed E-state index contributed by atoms with van der Waals surface area (Å²) in [6.07, 6.45) is 3.11. The van der Waals surface area contributed by atoms with Crippen molar-refractivity contribution in [3.8, 4) is 11.6 Å². The summed E-state index contributed by atoms with van der Waals surface area (Å²) in [6, 6.07) is 15.8. The minimum absolute atomic E-state index is 0.167. The molecule has 3 aromatic rings. The van der Waals surface area contributed by atoms with E-state index in [9.17, 15) is 9.50 Å². The molecule has 2 heterocycles. The Morgan fingerprint density at radius 1 is 1.03 bits per heavy atom. The van der Waals surface area contributed by atoms with Gasteiger partial charge in [-0.25, -0.2) is 9.37 Å². The van der Waals surface area contributed by atoms with Crippen LogP contribution in [0.3, 0.4) is 0 Å². The number of nitrogens with one attached hydrogen (secondary N) is 1. The molecular weight excluding hydrogens is 383 g/mol. The molecule has 0 saturated carbocycles. The maximum atomic E-state index is 13.0. The van der Waals surface area contributed by atoms with Gasteiger partial charge in [-0.3, -0.25) is 4.90 Å². The molecule has 156 valence electrons. The number of likely N-dealkylation sites (tertiary alicyclic amines) is 1. The topological polar surface area (TPSA) is 70.5 Å². The highest BCUT2D eigenvalue weighted by Crippen LogP contribution is 2.21. The van der Waals surface area contributed by atoms with Crippen LogP contribution in [0.15, 0.2) is 60.8 Å². The number of nitrogens with zero attached hydrogens (tertiary/aromatic N) is 3. The van der Waals surface area contributed by atoms with Crippen molar-refractivity contribution in [3.63, 3.8) is 0 Å². The van der Waals surface area contributed by atoms with Crippen molar-refractivity contribution < 1.29 is 14.2 Å². The van der Waals surface area contributed by atoms with Crippen molar-refractivity contribution in [1.82, 2.24) is 14.9 Å². The molecule has 0 radical (unpaired) electrons. The lowest BCUT2D eigenvalue weighted by Gasteiger charge is -2.30. The predicted molar refractivity (Wildman–Crippen MR) is 113 cm³/mol. The van der Waals surface area contributed by atoms with Crippen LogP contribution < -0.4 is 10.1 Å². The van der Waals surface area contributed by atoms with Gasteiger partial charge in [0.05, 0.1) is 6.10 Å². The Morgan fingerprint density at radius 2 is 1.77 bits per heavy atom. The van der Waals surface area contributed by atoms with Crippen LogP contribution in [0.5, 0.6) is 11.6 Å². The molecule has 6 nitrogen and oxygen atoms in total. The van der Waals surface area contributed by atoms with Crippen LogP contribution in [0.1, 0.15) is 24.0 Å². The highest BCUT2D eigenvalue weighted by atomic mass is 19.1. The maximum Gasteiger partial charge on any atom is 0.226 e. The quantitative estimate of drug-likeness (QED) is 0.616. The zero-order valence-electron chi connectivity index (χ0n) is 16.7. The number of aliphatic hydroxyl groups excluding tert-OH is 1. The molecule has 1 aliphatic rings. The van der Waals surface area contributed by atoms with Gasteiger partial charge in [0.25, 0.3) is 0 Å². The molecule has 0 unspecified atom stereocenters. The van der Waals surface area contributed by atoms with E-state index in [1.54, 1.807) is 24.4 Å². The van der Waals surface area contributed by atoms with Gasteiger partial charge in [-0.1, -0.05) is 24.3 Å². The largest absolute Gasteiger partial charge is 0.439 e. The highest BCUT2D eigenvalue weighted by Gasteiger charge is 2.17. The number of hydrogen-bond donors (Lipinski definition) is 2. The first-order valence-electron chi connectivity index (χ1n) is 10.1. The van der Waals surface area contributed by atoms with Crippen LogP contribution in [0, 0.1) is 5.82 Å². The summed E-state index contributed by atoms with van der Waals surface area (Å²) < 4.78 is 18.7. The second-order valence-electron chi connectivity index (χ2n) is 7.40. The molecule has 2 N–H and O–H groups in total. The Bertz CT molecular complexity index is 959. The van der Waals surface area contributed by atoms with E-state index in [4.69, 9.17) is 4.74 Å². The van der Waals surface area contributed by atoms with Crippen molar-refractivity contribution in [2.45, 2.75) is 32.0 Å². The molecule has 30 heavy (non-hydrogen) atoms. The molecule has 1 fully saturated rings. The normalized spacial score (nSPS) is 15.1. The minimum atomic E-state index is -0.313. The Labute approximate surface area is 175 Å². The van der Waals surface area contributed by atoms with E-state index in [1.165, 1.54) is 23.3 Å². The third-order valence-corrected chi connectivity index (χ3v) is 5.17. The van der Waals surface area contributed by atoms with Gasteiger partial charge in [-0.15, -0.1) is 0 Å². The molecule has 0 aliphatic carbocycles. The Hall–Kier alpha value is -3.03. The van der Waals surface area contributed by atoms with Crippen LogP contribution in [-0.2, 0) is 13.1 Å². The number of rotatable bonds is 7. The smallest absolute Gasteiger partial charge is 0.226 e. The van der Waals surface area contributed by atoms with Crippen molar-refractivity contribution in [2.24, 2.45) is 0 Å². The number of halogens is 1. The second kappa shape index (κ2) is 9.65. The zero-order valence-corrected chi connectivity index (χ0v) is 16.7. The maximum absolute atomic E-state index is 13.0. The van der Waals surface area contributed by atoms with Crippen LogP contribution in [0.4, 0.5) is 10.3 Å². The third-order valence-electron chi connectivity index (χ3n) is 5.17. The average Bonchev–Trinajstić information content (AvgIpc) is 2.77. The van der Waals surface area contributed by atoms with E-state index < -0.39 is 0 Å². The summed E-state index contributed by atoms with van der Waals surface area (Å²) in [4.78, 5) is 11.0. The fraction of sp³-hybridized carbons (Fsp3) is 0.304. The zero-order chi connectivity index (χ0) is 20.8. The molecule has 0 spiro atoms. The van der Waals surface area contributed by atoms with Gasteiger partial charge in [0.1, 0.15) is 11.6 Å². The molecule has 1 aromatic heterocycles. The number of piperidine rings is 1. The van der Waals surface area contributed by atoms with E-state index in [0.717, 1.165) is 32.5 Å². The lowest BCUT2D eigenvalue weighted by Crippen LogP contribution is -2.35. The first-order chi connectivity index (χ1) is 14.7. The number of ether oxygens (including phenoxy) is 1. The van der Waals surface area contributed by atoms with Crippen molar-refractivity contribution >= 4 is 5.95 Å². The summed E-state index contributed by atoms with van der Waals surface area (Å²) in [6.45, 7) is 3.27. The standard InChI is InChI=1S/C23H25FN4O2/c24-19-5-7-21(8-6-19)30-22-9-12-25-23(27-22)26-15-17-3-1-2-4-18(17)16-28-13-10-20(29)11-14-28/h1-9,12,20,29H,10-11,13-16H2,(H,25,26,27). The lowest BCUT2D eigenvalue weighted by molar-refractivity contribution is 0.0791. The van der Waals surface area contributed by atoms with Gasteiger partial charge in [0.2, 0.25) is 11.8 Å². The summed E-state index contributed by atoms with van der Waals surface area (Å²) in [7, 11) is 0. The lowest BCUT2D eigenvalue weighted by atomic mass is 10.0. The minimum Gasteiger partial charge on any atom is -0.439 e. The molecule has 2 aromatic carbocycles. The number of anilines is 1. The van der Waals surface area contributed by atoms with Crippen molar-refractivity contribution in [1.29, 1.82) is 0 Å². The van der Waals surface area contributed by atoms with E-state index in [0.29, 0.717) is 24.1 Å². The summed E-state index contributed by atoms with van der Waals surface area (Å²) >= 11 is 0. The van der Waals surface area contributed by atoms with E-state index in [2.05, 4.69) is 32.3 Å². The van der Waals surface area contributed by atoms with Gasteiger partial charge in [-0.05, 0) is 48.2 Å². The van der Waals surface area contributed by atoms with Gasteiger partial charge in [-0.2, -0.15) is 4.98 Å². The fourth-order valence-electron chi connectivity index (χ4n) is 3.48. The Balaban J connectivity index is 1.38. The summed E-state index contributed by atoms with van der Waals surface area (Å²) in [5, 5.41) is 13.0. The Morgan fingerprint density at radius 3 is 2.53 bits per heavy atom. The monoisotopic (exact) mass is 408 g/mol. The first kappa shape index (κ1) is 20.3. The van der Waals surface area contributed by atoms with E-state index in [-0.39, 0.29) is 11.9 Å². The Kier molecular flexibility index (Phi) is 6.51. The van der Waals surface area contributed by atoms with Gasteiger partial charge < -0.3 is 15.2 Å². The second-order valence-corrected chi connectivity index (χ2v) is 7.40. The first-order valence-corrected chi connectivity index (χ1v) is 10.1. The third kappa shape index (κ3) is 5.52. The molecule has 0 amide bonds.